The summed E-state index contributed by atoms with van der Waals surface area (Å²) < 4.78 is 5.91. The Morgan fingerprint density at radius 2 is 1.79 bits per heavy atom. The van der Waals surface area contributed by atoms with Gasteiger partial charge >= 0.3 is 0 Å². The molecule has 1 unspecified atom stereocenters. The number of aryl methyl sites for hydroxylation is 1. The Kier molecular flexibility index (Phi) is 5.71. The molecular formula is C26H26N6O. The van der Waals surface area contributed by atoms with Gasteiger partial charge in [-0.15, -0.1) is 10.2 Å². The van der Waals surface area contributed by atoms with Crippen molar-refractivity contribution in [3.63, 3.8) is 0 Å². The van der Waals surface area contributed by atoms with Crippen LogP contribution in [0.1, 0.15) is 18.2 Å². The fourth-order valence-electron chi connectivity index (χ4n) is 4.00. The second-order valence-corrected chi connectivity index (χ2v) is 8.29. The number of aromatic nitrogens is 4. The van der Waals surface area contributed by atoms with Gasteiger partial charge in [0.05, 0.1) is 17.6 Å². The highest BCUT2D eigenvalue weighted by atomic mass is 16.4. The third-order valence-electron chi connectivity index (χ3n) is 5.87. The summed E-state index contributed by atoms with van der Waals surface area (Å²) in [5.74, 6) is 0.820. The van der Waals surface area contributed by atoms with E-state index in [0.29, 0.717) is 23.5 Å². The number of nitrogens with zero attached hydrogens (tertiary/aromatic N) is 5. The molecule has 4 aromatic rings. The SMILES string of the molecule is C=C(c1ccc(-c2cnc(C)c(-c3nnc(-c4ccccc4)o3)n2)cc1)N1CCNC(C)C1. The molecule has 0 amide bonds. The molecule has 1 aliphatic rings. The van der Waals surface area contributed by atoms with Gasteiger partial charge in [0.2, 0.25) is 5.89 Å². The maximum atomic E-state index is 5.91. The Morgan fingerprint density at radius 3 is 2.55 bits per heavy atom. The highest BCUT2D eigenvalue weighted by molar-refractivity contribution is 5.68. The maximum absolute atomic E-state index is 5.91. The van der Waals surface area contributed by atoms with Crippen molar-refractivity contribution in [1.82, 2.24) is 30.4 Å². The van der Waals surface area contributed by atoms with Crippen molar-refractivity contribution >= 4 is 5.70 Å². The van der Waals surface area contributed by atoms with E-state index < -0.39 is 0 Å². The Morgan fingerprint density at radius 1 is 1.03 bits per heavy atom. The summed E-state index contributed by atoms with van der Waals surface area (Å²) in [6.07, 6.45) is 1.77. The molecule has 7 heteroatoms. The van der Waals surface area contributed by atoms with Crippen LogP contribution < -0.4 is 5.32 Å². The minimum atomic E-state index is 0.360. The Bertz CT molecular complexity index is 1270. The van der Waals surface area contributed by atoms with E-state index in [9.17, 15) is 0 Å². The number of piperazine rings is 1. The molecule has 0 saturated carbocycles. The summed E-state index contributed by atoms with van der Waals surface area (Å²) >= 11 is 0. The number of nitrogens with one attached hydrogen (secondary N) is 1. The van der Waals surface area contributed by atoms with Gasteiger partial charge in [0.1, 0.15) is 5.69 Å². The molecule has 1 saturated heterocycles. The topological polar surface area (TPSA) is 80.0 Å². The van der Waals surface area contributed by atoms with Crippen LogP contribution in [0.5, 0.6) is 0 Å². The molecule has 0 spiro atoms. The summed E-state index contributed by atoms with van der Waals surface area (Å²) in [5, 5.41) is 11.9. The van der Waals surface area contributed by atoms with Crippen LogP contribution in [0, 0.1) is 6.92 Å². The van der Waals surface area contributed by atoms with E-state index in [2.05, 4.69) is 63.2 Å². The van der Waals surface area contributed by atoms with Crippen molar-refractivity contribution in [2.75, 3.05) is 19.6 Å². The maximum Gasteiger partial charge on any atom is 0.268 e. The van der Waals surface area contributed by atoms with Gasteiger partial charge in [0.15, 0.2) is 0 Å². The van der Waals surface area contributed by atoms with E-state index in [1.165, 1.54) is 0 Å². The zero-order chi connectivity index (χ0) is 22.8. The van der Waals surface area contributed by atoms with Gasteiger partial charge < -0.3 is 14.6 Å². The molecule has 1 N–H and O–H groups in total. The van der Waals surface area contributed by atoms with Gasteiger partial charge in [0, 0.05) is 42.5 Å². The lowest BCUT2D eigenvalue weighted by Gasteiger charge is -2.35. The molecular weight excluding hydrogens is 412 g/mol. The zero-order valence-electron chi connectivity index (χ0n) is 18.8. The highest BCUT2D eigenvalue weighted by Gasteiger charge is 2.19. The standard InChI is InChI=1S/C26H26N6O/c1-17-16-32(14-13-27-17)19(3)20-9-11-21(12-10-20)23-15-28-18(2)24(29-23)26-31-30-25(33-26)22-7-5-4-6-8-22/h4-12,15,17,27H,3,13-14,16H2,1-2H3. The van der Waals surface area contributed by atoms with Crippen LogP contribution in [-0.4, -0.2) is 50.7 Å². The average Bonchev–Trinajstić information content (AvgIpc) is 3.35. The summed E-state index contributed by atoms with van der Waals surface area (Å²) in [6, 6.07) is 18.4. The predicted octanol–water partition coefficient (Wildman–Crippen LogP) is 4.43. The van der Waals surface area contributed by atoms with Gasteiger partial charge in [0.25, 0.3) is 5.89 Å². The van der Waals surface area contributed by atoms with Crippen molar-refractivity contribution < 1.29 is 4.42 Å². The normalized spacial score (nSPS) is 16.1. The first-order valence-electron chi connectivity index (χ1n) is 11.1. The predicted molar refractivity (Wildman–Crippen MR) is 129 cm³/mol. The first-order chi connectivity index (χ1) is 16.1. The second kappa shape index (κ2) is 8.96. The summed E-state index contributed by atoms with van der Waals surface area (Å²) in [6.45, 7) is 11.3. The van der Waals surface area contributed by atoms with Crippen LogP contribution in [0.25, 0.3) is 40.0 Å². The van der Waals surface area contributed by atoms with Crippen molar-refractivity contribution in [2.45, 2.75) is 19.9 Å². The monoisotopic (exact) mass is 438 g/mol. The molecule has 7 nitrogen and oxygen atoms in total. The molecule has 166 valence electrons. The third kappa shape index (κ3) is 4.40. The molecule has 2 aromatic carbocycles. The molecule has 1 atom stereocenters. The van der Waals surface area contributed by atoms with E-state index in [4.69, 9.17) is 9.40 Å². The van der Waals surface area contributed by atoms with Crippen molar-refractivity contribution in [3.8, 4) is 34.3 Å². The number of rotatable bonds is 5. The first-order valence-corrected chi connectivity index (χ1v) is 11.1. The molecule has 5 rings (SSSR count). The summed E-state index contributed by atoms with van der Waals surface area (Å²) in [7, 11) is 0. The molecule has 2 aromatic heterocycles. The molecule has 1 aliphatic heterocycles. The lowest BCUT2D eigenvalue weighted by Crippen LogP contribution is -2.48. The first kappa shape index (κ1) is 21.0. The van der Waals surface area contributed by atoms with Crippen LogP contribution >= 0.6 is 0 Å². The molecule has 0 bridgehead atoms. The van der Waals surface area contributed by atoms with Crippen LogP contribution in [0.3, 0.4) is 0 Å². The van der Waals surface area contributed by atoms with Crippen molar-refractivity contribution in [1.29, 1.82) is 0 Å². The van der Waals surface area contributed by atoms with E-state index in [1.54, 1.807) is 6.20 Å². The minimum absolute atomic E-state index is 0.360. The van der Waals surface area contributed by atoms with Gasteiger partial charge in [-0.05, 0) is 31.5 Å². The lowest BCUT2D eigenvalue weighted by atomic mass is 10.1. The highest BCUT2D eigenvalue weighted by Crippen LogP contribution is 2.27. The van der Waals surface area contributed by atoms with Crippen molar-refractivity contribution in [3.05, 3.63) is 78.6 Å². The Balaban J connectivity index is 1.39. The quantitative estimate of drug-likeness (QED) is 0.494. The van der Waals surface area contributed by atoms with Gasteiger partial charge in [-0.1, -0.05) is 49.0 Å². The van der Waals surface area contributed by atoms with Crippen molar-refractivity contribution in [2.24, 2.45) is 0 Å². The second-order valence-electron chi connectivity index (χ2n) is 8.29. The minimum Gasteiger partial charge on any atom is -0.415 e. The van der Waals surface area contributed by atoms with Gasteiger partial charge in [-0.25, -0.2) is 4.98 Å². The number of hydrogen-bond acceptors (Lipinski definition) is 7. The summed E-state index contributed by atoms with van der Waals surface area (Å²) in [4.78, 5) is 11.7. The van der Waals surface area contributed by atoms with Gasteiger partial charge in [-0.2, -0.15) is 0 Å². The zero-order valence-corrected chi connectivity index (χ0v) is 18.8. The Hall–Kier alpha value is -3.84. The third-order valence-corrected chi connectivity index (χ3v) is 5.87. The van der Waals surface area contributed by atoms with Crippen LogP contribution in [0.4, 0.5) is 0 Å². The molecule has 0 aliphatic carbocycles. The molecule has 1 fully saturated rings. The molecule has 0 radical (unpaired) electrons. The Labute approximate surface area is 193 Å². The van der Waals surface area contributed by atoms with E-state index in [1.807, 2.05) is 37.3 Å². The van der Waals surface area contributed by atoms with Crippen LogP contribution in [0.15, 0.2) is 71.8 Å². The molecule has 3 heterocycles. The van der Waals surface area contributed by atoms with E-state index in [-0.39, 0.29) is 0 Å². The fraction of sp³-hybridized carbons (Fsp3) is 0.231. The van der Waals surface area contributed by atoms with Gasteiger partial charge in [-0.3, -0.25) is 4.98 Å². The average molecular weight is 439 g/mol. The van der Waals surface area contributed by atoms with Crippen LogP contribution in [0.2, 0.25) is 0 Å². The van der Waals surface area contributed by atoms with Crippen LogP contribution in [-0.2, 0) is 0 Å². The molecule has 33 heavy (non-hydrogen) atoms. The smallest absolute Gasteiger partial charge is 0.268 e. The lowest BCUT2D eigenvalue weighted by molar-refractivity contribution is 0.290. The number of hydrogen-bond donors (Lipinski definition) is 1. The van der Waals surface area contributed by atoms with E-state index in [0.717, 1.165) is 53.4 Å². The van der Waals surface area contributed by atoms with E-state index >= 15 is 0 Å². The fourth-order valence-corrected chi connectivity index (χ4v) is 4.00. The summed E-state index contributed by atoms with van der Waals surface area (Å²) in [5.41, 5.74) is 6.07. The largest absolute Gasteiger partial charge is 0.415 e. The number of benzene rings is 2.